The van der Waals surface area contributed by atoms with Gasteiger partial charge < -0.3 is 28.7 Å². The molecular weight excluding hydrogens is 463 g/mol. The molecule has 0 unspecified atom stereocenters. The van der Waals surface area contributed by atoms with Gasteiger partial charge in [0, 0.05) is 5.56 Å². The van der Waals surface area contributed by atoms with Crippen LogP contribution in [0.4, 0.5) is 4.39 Å². The molecule has 12 heteroatoms. The van der Waals surface area contributed by atoms with Crippen LogP contribution in [0.1, 0.15) is 28.8 Å². The average Bonchev–Trinajstić information content (AvgIpc) is 3.06. The smallest absolute Gasteiger partial charge is 0.345 e. The summed E-state index contributed by atoms with van der Waals surface area (Å²) in [6.45, 7) is 1.81. The molecule has 172 valence electrons. The lowest BCUT2D eigenvalue weighted by Gasteiger charge is -2.20. The third-order valence-electron chi connectivity index (χ3n) is 4.62. The number of aryl methyl sites for hydroxylation is 2. The van der Waals surface area contributed by atoms with E-state index in [9.17, 15) is 33.1 Å². The largest absolute Gasteiger partial charge is 0.490 e. The van der Waals surface area contributed by atoms with Crippen molar-refractivity contribution in [2.75, 3.05) is 6.61 Å². The molecule has 2 aromatic carbocycles. The van der Waals surface area contributed by atoms with Crippen LogP contribution in [0, 0.1) is 12.7 Å². The number of aromatic nitrogens is 1. The quantitative estimate of drug-likeness (QED) is 0.259. The van der Waals surface area contributed by atoms with Crippen molar-refractivity contribution in [1.29, 1.82) is 0 Å². The van der Waals surface area contributed by atoms with E-state index in [4.69, 9.17) is 9.15 Å². The fourth-order valence-electron chi connectivity index (χ4n) is 3.16. The minimum atomic E-state index is -5.21. The van der Waals surface area contributed by atoms with Crippen LogP contribution in [-0.4, -0.2) is 31.2 Å². The van der Waals surface area contributed by atoms with E-state index in [1.165, 1.54) is 0 Å². The number of hydrogen-bond acceptors (Lipinski definition) is 5. The Balaban J connectivity index is 1.67. The first kappa shape index (κ1) is 24.3. The maximum absolute atomic E-state index is 14.1. The van der Waals surface area contributed by atoms with Gasteiger partial charge in [-0.15, -0.1) is 0 Å². The van der Waals surface area contributed by atoms with Crippen LogP contribution in [0.25, 0.3) is 11.5 Å². The highest BCUT2D eigenvalue weighted by Gasteiger charge is 2.45. The van der Waals surface area contributed by atoms with Crippen molar-refractivity contribution in [2.45, 2.75) is 25.2 Å². The zero-order valence-electron chi connectivity index (χ0n) is 17.0. The lowest BCUT2D eigenvalue weighted by Crippen LogP contribution is -2.05. The Morgan fingerprint density at radius 2 is 1.72 bits per heavy atom. The molecule has 0 aliphatic rings. The van der Waals surface area contributed by atoms with Crippen LogP contribution in [0.15, 0.2) is 52.9 Å². The van der Waals surface area contributed by atoms with Crippen molar-refractivity contribution in [3.63, 3.8) is 0 Å². The van der Waals surface area contributed by atoms with E-state index < -0.39 is 32.0 Å². The van der Waals surface area contributed by atoms with E-state index >= 15 is 0 Å². The number of rotatable bonds is 9. The second-order valence-corrected chi connectivity index (χ2v) is 10.9. The van der Waals surface area contributed by atoms with Crippen molar-refractivity contribution < 1.29 is 42.2 Å². The molecule has 0 saturated heterocycles. The summed E-state index contributed by atoms with van der Waals surface area (Å²) >= 11 is 0. The van der Waals surface area contributed by atoms with Gasteiger partial charge in [-0.2, -0.15) is 0 Å². The molecule has 0 amide bonds. The topological polar surface area (TPSA) is 150 Å². The summed E-state index contributed by atoms with van der Waals surface area (Å²) in [5, 5.41) is -2.40. The van der Waals surface area contributed by atoms with Gasteiger partial charge in [-0.1, -0.05) is 24.3 Å². The maximum atomic E-state index is 14.1. The van der Waals surface area contributed by atoms with Gasteiger partial charge in [0.15, 0.2) is 17.0 Å². The summed E-state index contributed by atoms with van der Waals surface area (Å²) in [6.07, 6.45) is 0.892. The van der Waals surface area contributed by atoms with E-state index in [0.29, 0.717) is 30.2 Å². The second-order valence-electron chi connectivity index (χ2n) is 7.08. The van der Waals surface area contributed by atoms with Crippen molar-refractivity contribution in [1.82, 2.24) is 4.98 Å². The summed E-state index contributed by atoms with van der Waals surface area (Å²) in [5.74, 6) is -0.0639. The predicted octanol–water partition coefficient (Wildman–Crippen LogP) is 4.15. The lowest BCUT2D eigenvalue weighted by atomic mass is 10.2. The van der Waals surface area contributed by atoms with Crippen molar-refractivity contribution in [3.8, 4) is 17.2 Å². The first-order valence-corrected chi connectivity index (χ1v) is 12.9. The Kier molecular flexibility index (Phi) is 7.35. The number of ether oxygens (including phenoxy) is 1. The molecule has 32 heavy (non-hydrogen) atoms. The van der Waals surface area contributed by atoms with Crippen molar-refractivity contribution in [3.05, 3.63) is 71.4 Å². The Labute approximate surface area is 183 Å². The maximum Gasteiger partial charge on any atom is 0.345 e. The molecule has 1 heterocycles. The van der Waals surface area contributed by atoms with Crippen LogP contribution >= 0.6 is 15.2 Å². The van der Waals surface area contributed by atoms with E-state index in [0.717, 1.165) is 23.8 Å². The highest BCUT2D eigenvalue weighted by atomic mass is 31.2. The molecule has 0 aliphatic heterocycles. The minimum Gasteiger partial charge on any atom is -0.490 e. The summed E-state index contributed by atoms with van der Waals surface area (Å²) in [4.78, 5) is 41.8. The van der Waals surface area contributed by atoms with Gasteiger partial charge in [-0.25, -0.2) is 9.37 Å². The third kappa shape index (κ3) is 5.92. The van der Waals surface area contributed by atoms with E-state index in [-0.39, 0.29) is 12.4 Å². The fourth-order valence-corrected chi connectivity index (χ4v) is 5.83. The van der Waals surface area contributed by atoms with Gasteiger partial charge in [0.2, 0.25) is 5.89 Å². The second kappa shape index (κ2) is 9.67. The highest BCUT2D eigenvalue weighted by Crippen LogP contribution is 2.70. The van der Waals surface area contributed by atoms with Crippen LogP contribution in [0.5, 0.6) is 5.75 Å². The minimum absolute atomic E-state index is 0.0316. The molecule has 9 nitrogen and oxygen atoms in total. The predicted molar refractivity (Wildman–Crippen MR) is 114 cm³/mol. The van der Waals surface area contributed by atoms with E-state index in [1.807, 2.05) is 30.3 Å². The molecule has 0 spiro atoms. The number of halogens is 1. The molecule has 0 aliphatic carbocycles. The molecule has 1 aromatic heterocycles. The van der Waals surface area contributed by atoms with Crippen molar-refractivity contribution in [2.24, 2.45) is 0 Å². The summed E-state index contributed by atoms with van der Waals surface area (Å²) in [7, 11) is -10.4. The fraction of sp³-hybridized carbons (Fsp3) is 0.250. The highest BCUT2D eigenvalue weighted by molar-refractivity contribution is 7.70. The zero-order valence-corrected chi connectivity index (χ0v) is 18.7. The van der Waals surface area contributed by atoms with Crippen LogP contribution in [0.2, 0.25) is 0 Å². The molecule has 3 rings (SSSR count). The van der Waals surface area contributed by atoms with Crippen LogP contribution < -0.4 is 4.74 Å². The Bertz CT molecular complexity index is 1150. The van der Waals surface area contributed by atoms with Crippen LogP contribution in [0.3, 0.4) is 0 Å². The zero-order chi connectivity index (χ0) is 23.5. The van der Waals surface area contributed by atoms with Gasteiger partial charge in [0.25, 0.3) is 0 Å². The van der Waals surface area contributed by atoms with Crippen molar-refractivity contribution >= 4 is 15.2 Å². The van der Waals surface area contributed by atoms with Gasteiger partial charge in [0.05, 0.1) is 12.3 Å². The van der Waals surface area contributed by atoms with Crippen LogP contribution in [-0.2, 0) is 15.6 Å². The van der Waals surface area contributed by atoms with Gasteiger partial charge in [-0.3, -0.25) is 9.13 Å². The molecular formula is C20H22FNO8P2. The first-order chi connectivity index (χ1) is 15.0. The third-order valence-corrected chi connectivity index (χ3v) is 8.30. The molecule has 0 radical (unpaired) electrons. The standard InChI is InChI=1S/C20H22FNO8P2/c1-13-17(22-19(30-13)14-6-3-2-4-7-14)8-5-11-29-18-12-15(9-10-16(18)21)20(31(23,24)25)32(26,27)28/h2-4,6-7,9-10,12,20H,5,8,11H2,1H3,(H2,23,24,25)(H2,26,27,28). The summed E-state index contributed by atoms with van der Waals surface area (Å²) in [5.41, 5.74) is 1.13. The Morgan fingerprint density at radius 1 is 1.06 bits per heavy atom. The van der Waals surface area contributed by atoms with Gasteiger partial charge in [0.1, 0.15) is 5.76 Å². The summed E-state index contributed by atoms with van der Waals surface area (Å²) < 4.78 is 48.3. The number of oxazole rings is 1. The Hall–Kier alpha value is -2.32. The molecule has 0 bridgehead atoms. The van der Waals surface area contributed by atoms with E-state index in [2.05, 4.69) is 4.98 Å². The van der Waals surface area contributed by atoms with E-state index in [1.54, 1.807) is 6.92 Å². The first-order valence-electron chi connectivity index (χ1n) is 9.51. The molecule has 0 fully saturated rings. The number of benzene rings is 2. The van der Waals surface area contributed by atoms with Gasteiger partial charge in [-0.05, 0) is 49.6 Å². The SMILES string of the molecule is Cc1oc(-c2ccccc2)nc1CCCOc1cc(C(P(=O)(O)O)P(=O)(O)O)ccc1F. The monoisotopic (exact) mass is 485 g/mol. The summed E-state index contributed by atoms with van der Waals surface area (Å²) in [6, 6.07) is 12.0. The molecule has 4 N–H and O–H groups in total. The lowest BCUT2D eigenvalue weighted by molar-refractivity contribution is 0.294. The normalized spacial score (nSPS) is 12.3. The average molecular weight is 485 g/mol. The van der Waals surface area contributed by atoms with Gasteiger partial charge >= 0.3 is 15.2 Å². The molecule has 0 saturated carbocycles. The molecule has 3 aromatic rings. The number of hydrogen-bond donors (Lipinski definition) is 4. The molecule has 0 atom stereocenters. The number of nitrogens with zero attached hydrogens (tertiary/aromatic N) is 1. The Morgan fingerprint density at radius 3 is 2.34 bits per heavy atom.